The van der Waals surface area contributed by atoms with Crippen molar-refractivity contribution in [1.82, 2.24) is 9.88 Å². The third-order valence-electron chi connectivity index (χ3n) is 6.29. The van der Waals surface area contributed by atoms with E-state index >= 15 is 0 Å². The summed E-state index contributed by atoms with van der Waals surface area (Å²) in [6.45, 7) is 2.35. The number of aromatic nitrogens is 1. The second-order valence-electron chi connectivity index (χ2n) is 7.80. The number of fused-ring (bicyclic) bond motifs is 4. The molecule has 2 N–H and O–H groups in total. The van der Waals surface area contributed by atoms with Gasteiger partial charge in [0.1, 0.15) is 17.5 Å². The van der Waals surface area contributed by atoms with Crippen molar-refractivity contribution in [3.05, 3.63) is 48.0 Å². The summed E-state index contributed by atoms with van der Waals surface area (Å²) in [5.74, 6) is -0.215. The van der Waals surface area contributed by atoms with E-state index < -0.39 is 17.1 Å². The first-order chi connectivity index (χ1) is 13.9. The van der Waals surface area contributed by atoms with Crippen LogP contribution in [0.25, 0.3) is 11.1 Å². The van der Waals surface area contributed by atoms with Gasteiger partial charge in [0.2, 0.25) is 11.5 Å². The minimum Gasteiger partial charge on any atom is -0.487 e. The molecule has 0 radical (unpaired) electrons. The van der Waals surface area contributed by atoms with Crippen LogP contribution in [0.1, 0.15) is 25.3 Å². The maximum Gasteiger partial charge on any atom is 0.265 e. The lowest BCUT2D eigenvalue weighted by Gasteiger charge is -2.52. The maximum atomic E-state index is 14.3. The molecule has 0 bridgehead atoms. The van der Waals surface area contributed by atoms with Crippen molar-refractivity contribution >= 4 is 11.9 Å². The first-order valence-corrected chi connectivity index (χ1v) is 9.58. The molecule has 5 rings (SSSR count). The second-order valence-corrected chi connectivity index (χ2v) is 7.80. The molecule has 29 heavy (non-hydrogen) atoms. The van der Waals surface area contributed by atoms with Crippen molar-refractivity contribution in [2.75, 3.05) is 13.7 Å². The first kappa shape index (κ1) is 18.1. The Hall–Kier alpha value is -3.00. The average Bonchev–Trinajstić information content (AvgIpc) is 2.95. The number of aliphatic imine (C=N–C) groups is 1. The molecule has 1 spiro atoms. The lowest BCUT2D eigenvalue weighted by Crippen LogP contribution is -2.67. The molecule has 1 saturated heterocycles. The standard InChI is InChI=1S/C21H21FN4O3/c1-20-16(6-4-10-28-20)29-15-8-7-12(13-5-3-9-24-17(13)22)11-14(15)21(20)18(27)26(2)19(23)25-21/h3,5,7-9,11,16H,4,6,10H2,1-2H3,(H2,23,25)/t16-,20-,21+/m0/s1. The van der Waals surface area contributed by atoms with Gasteiger partial charge in [0.15, 0.2) is 5.96 Å². The summed E-state index contributed by atoms with van der Waals surface area (Å²) in [5.41, 5.74) is 5.08. The molecule has 8 heteroatoms. The highest BCUT2D eigenvalue weighted by Crippen LogP contribution is 2.55. The van der Waals surface area contributed by atoms with Crippen LogP contribution in [-0.2, 0) is 15.1 Å². The Morgan fingerprint density at radius 2 is 2.17 bits per heavy atom. The van der Waals surface area contributed by atoms with E-state index in [0.29, 0.717) is 29.0 Å². The van der Waals surface area contributed by atoms with Crippen LogP contribution in [0.2, 0.25) is 0 Å². The van der Waals surface area contributed by atoms with E-state index in [1.54, 1.807) is 37.4 Å². The molecular weight excluding hydrogens is 375 g/mol. The van der Waals surface area contributed by atoms with Gasteiger partial charge in [-0.15, -0.1) is 0 Å². The summed E-state index contributed by atoms with van der Waals surface area (Å²) in [6.07, 6.45) is 2.61. The van der Waals surface area contributed by atoms with Crippen LogP contribution in [0.4, 0.5) is 4.39 Å². The van der Waals surface area contributed by atoms with Crippen LogP contribution in [0, 0.1) is 5.95 Å². The second kappa shape index (κ2) is 6.00. The molecule has 3 atom stereocenters. The number of guanidine groups is 1. The number of amides is 1. The molecule has 150 valence electrons. The quantitative estimate of drug-likeness (QED) is 0.747. The molecule has 3 aliphatic rings. The molecule has 0 unspecified atom stereocenters. The fourth-order valence-corrected chi connectivity index (χ4v) is 4.68. The lowest BCUT2D eigenvalue weighted by atomic mass is 9.68. The van der Waals surface area contributed by atoms with Crippen molar-refractivity contribution in [2.24, 2.45) is 10.7 Å². The van der Waals surface area contributed by atoms with Gasteiger partial charge >= 0.3 is 0 Å². The minimum absolute atomic E-state index is 0.120. The Labute approximate surface area is 167 Å². The lowest BCUT2D eigenvalue weighted by molar-refractivity contribution is -0.191. The zero-order valence-corrected chi connectivity index (χ0v) is 16.2. The van der Waals surface area contributed by atoms with Gasteiger partial charge in [-0.3, -0.25) is 9.69 Å². The topological polar surface area (TPSA) is 90.0 Å². The minimum atomic E-state index is -1.39. The van der Waals surface area contributed by atoms with Gasteiger partial charge < -0.3 is 15.2 Å². The van der Waals surface area contributed by atoms with Crippen molar-refractivity contribution in [3.63, 3.8) is 0 Å². The largest absolute Gasteiger partial charge is 0.487 e. The van der Waals surface area contributed by atoms with E-state index in [1.165, 1.54) is 11.1 Å². The van der Waals surface area contributed by atoms with Crippen LogP contribution < -0.4 is 10.5 Å². The van der Waals surface area contributed by atoms with E-state index in [4.69, 9.17) is 15.2 Å². The number of hydrogen-bond donors (Lipinski definition) is 1. The number of pyridine rings is 1. The van der Waals surface area contributed by atoms with Crippen LogP contribution >= 0.6 is 0 Å². The van der Waals surface area contributed by atoms with Crippen LogP contribution in [0.15, 0.2) is 41.5 Å². The molecular formula is C21H21FN4O3. The number of benzene rings is 1. The van der Waals surface area contributed by atoms with Gasteiger partial charge in [-0.1, -0.05) is 6.07 Å². The van der Waals surface area contributed by atoms with Crippen LogP contribution in [-0.4, -0.2) is 47.1 Å². The van der Waals surface area contributed by atoms with Crippen LogP contribution in [0.5, 0.6) is 5.75 Å². The number of rotatable bonds is 1. The van der Waals surface area contributed by atoms with E-state index in [0.717, 1.165) is 12.8 Å². The summed E-state index contributed by atoms with van der Waals surface area (Å²) in [7, 11) is 1.59. The highest BCUT2D eigenvalue weighted by Gasteiger charge is 2.68. The molecule has 1 aromatic carbocycles. The number of hydrogen-bond acceptors (Lipinski definition) is 6. The fourth-order valence-electron chi connectivity index (χ4n) is 4.68. The molecule has 0 aliphatic carbocycles. The maximum absolute atomic E-state index is 14.3. The Morgan fingerprint density at radius 3 is 2.90 bits per heavy atom. The number of ether oxygens (including phenoxy) is 2. The van der Waals surface area contributed by atoms with Gasteiger partial charge in [-0.25, -0.2) is 9.98 Å². The smallest absolute Gasteiger partial charge is 0.265 e. The number of halogens is 1. The van der Waals surface area contributed by atoms with Crippen molar-refractivity contribution in [2.45, 2.75) is 37.0 Å². The molecule has 7 nitrogen and oxygen atoms in total. The Morgan fingerprint density at radius 1 is 1.34 bits per heavy atom. The number of carbonyl (C=O) groups excluding carboxylic acids is 1. The normalized spacial score (nSPS) is 30.6. The van der Waals surface area contributed by atoms with Gasteiger partial charge in [-0.2, -0.15) is 4.39 Å². The van der Waals surface area contributed by atoms with Gasteiger partial charge in [0.25, 0.3) is 5.91 Å². The zero-order chi connectivity index (χ0) is 20.4. The Balaban J connectivity index is 1.78. The number of nitrogens with two attached hydrogens (primary N) is 1. The first-order valence-electron chi connectivity index (χ1n) is 9.58. The molecule has 4 heterocycles. The summed E-state index contributed by atoms with van der Waals surface area (Å²) in [4.78, 5) is 23.3. The average molecular weight is 396 g/mol. The van der Waals surface area contributed by atoms with Crippen molar-refractivity contribution < 1.29 is 18.7 Å². The number of carbonyl (C=O) groups is 1. The van der Waals surface area contributed by atoms with E-state index in [1.807, 2.05) is 6.92 Å². The summed E-state index contributed by atoms with van der Waals surface area (Å²) in [6, 6.07) is 8.56. The van der Waals surface area contributed by atoms with Gasteiger partial charge in [-0.05, 0) is 49.6 Å². The van der Waals surface area contributed by atoms with Crippen molar-refractivity contribution in [3.8, 4) is 16.9 Å². The van der Waals surface area contributed by atoms with Gasteiger partial charge in [0, 0.05) is 31.0 Å². The van der Waals surface area contributed by atoms with E-state index in [2.05, 4.69) is 9.98 Å². The van der Waals surface area contributed by atoms with E-state index in [-0.39, 0.29) is 18.0 Å². The summed E-state index contributed by atoms with van der Waals surface area (Å²) < 4.78 is 26.8. The molecule has 1 fully saturated rings. The third-order valence-corrected chi connectivity index (χ3v) is 6.29. The molecule has 3 aliphatic heterocycles. The highest BCUT2D eigenvalue weighted by atomic mass is 19.1. The number of nitrogens with zero attached hydrogens (tertiary/aromatic N) is 3. The Bertz CT molecular complexity index is 1060. The third kappa shape index (κ3) is 2.23. The molecule has 2 aromatic rings. The monoisotopic (exact) mass is 396 g/mol. The van der Waals surface area contributed by atoms with Crippen LogP contribution in [0.3, 0.4) is 0 Å². The predicted octanol–water partition coefficient (Wildman–Crippen LogP) is 2.20. The summed E-state index contributed by atoms with van der Waals surface area (Å²) >= 11 is 0. The molecule has 1 amide bonds. The van der Waals surface area contributed by atoms with Gasteiger partial charge in [0.05, 0.1) is 0 Å². The molecule has 1 aromatic heterocycles. The SMILES string of the molecule is CN1C(=O)[C@]2(N=C1N)c1cc(-c3cccnc3F)ccc1O[C@H]1CCCO[C@@]12C. The zero-order valence-electron chi connectivity index (χ0n) is 16.2. The molecule has 0 saturated carbocycles. The predicted molar refractivity (Wildman–Crippen MR) is 104 cm³/mol. The number of likely N-dealkylation sites (N-methyl/N-ethyl adjacent to an activating group) is 1. The van der Waals surface area contributed by atoms with Crippen molar-refractivity contribution in [1.29, 1.82) is 0 Å². The highest BCUT2D eigenvalue weighted by molar-refractivity contribution is 6.08. The van der Waals surface area contributed by atoms with E-state index in [9.17, 15) is 9.18 Å². The summed E-state index contributed by atoms with van der Waals surface area (Å²) in [5, 5.41) is 0. The fraction of sp³-hybridized carbons (Fsp3) is 0.381. The Kier molecular flexibility index (Phi) is 3.73.